The van der Waals surface area contributed by atoms with Crippen molar-refractivity contribution in [2.45, 2.75) is 53.2 Å². The van der Waals surface area contributed by atoms with Gasteiger partial charge in [0.05, 0.1) is 5.60 Å². The van der Waals surface area contributed by atoms with Crippen LogP contribution >= 0.6 is 0 Å². The van der Waals surface area contributed by atoms with Gasteiger partial charge in [0.15, 0.2) is 0 Å². The molecule has 1 aliphatic rings. The van der Waals surface area contributed by atoms with Gasteiger partial charge in [-0.25, -0.2) is 0 Å². The topological polar surface area (TPSA) is 58.6 Å². The van der Waals surface area contributed by atoms with Gasteiger partial charge < -0.3 is 15.2 Å². The second-order valence-electron chi connectivity index (χ2n) is 10.7. The molecule has 0 saturated heterocycles. The van der Waals surface area contributed by atoms with Crippen molar-refractivity contribution in [2.24, 2.45) is 11.3 Å². The summed E-state index contributed by atoms with van der Waals surface area (Å²) in [7, 11) is 1.82. The SMILES string of the molecule is COC1(C=CC(C)=CC=CC(C)=CC(=O)NCc2ccc(O)cc2)C(C)C(c2ccccc2)=CCC1(C)C. The van der Waals surface area contributed by atoms with E-state index in [-0.39, 0.29) is 23.0 Å². The van der Waals surface area contributed by atoms with Gasteiger partial charge in [-0.2, -0.15) is 0 Å². The second kappa shape index (κ2) is 12.7. The zero-order chi connectivity index (χ0) is 27.8. The normalized spacial score (nSPS) is 22.1. The molecule has 2 aromatic rings. The van der Waals surface area contributed by atoms with Crippen molar-refractivity contribution in [3.05, 3.63) is 119 Å². The van der Waals surface area contributed by atoms with Gasteiger partial charge in [-0.1, -0.05) is 105 Å². The molecule has 2 unspecified atom stereocenters. The van der Waals surface area contributed by atoms with E-state index < -0.39 is 5.60 Å². The number of aromatic hydroxyl groups is 1. The van der Waals surface area contributed by atoms with Crippen molar-refractivity contribution in [3.63, 3.8) is 0 Å². The Kier molecular flexibility index (Phi) is 9.71. The summed E-state index contributed by atoms with van der Waals surface area (Å²) in [6.45, 7) is 11.2. The molecule has 0 radical (unpaired) electrons. The molecule has 2 aromatic carbocycles. The number of carbonyl (C=O) groups excluding carboxylic acids is 1. The number of methoxy groups -OCH3 is 1. The zero-order valence-electron chi connectivity index (χ0n) is 23.5. The molecule has 4 heteroatoms. The Morgan fingerprint density at radius 2 is 1.74 bits per heavy atom. The van der Waals surface area contributed by atoms with Gasteiger partial charge in [-0.05, 0) is 54.7 Å². The molecule has 0 aromatic heterocycles. The molecule has 200 valence electrons. The predicted molar refractivity (Wildman–Crippen MR) is 157 cm³/mol. The van der Waals surface area contributed by atoms with E-state index in [1.165, 1.54) is 11.1 Å². The first kappa shape index (κ1) is 28.9. The van der Waals surface area contributed by atoms with E-state index in [4.69, 9.17) is 4.74 Å². The van der Waals surface area contributed by atoms with Gasteiger partial charge in [0.1, 0.15) is 5.75 Å². The largest absolute Gasteiger partial charge is 0.508 e. The van der Waals surface area contributed by atoms with E-state index in [1.807, 2.05) is 38.3 Å². The maximum Gasteiger partial charge on any atom is 0.244 e. The minimum absolute atomic E-state index is 0.0705. The summed E-state index contributed by atoms with van der Waals surface area (Å²) in [6, 6.07) is 17.4. The molecule has 1 aliphatic carbocycles. The fraction of sp³-hybridized carbons (Fsp3) is 0.324. The lowest BCUT2D eigenvalue weighted by Gasteiger charge is -2.51. The summed E-state index contributed by atoms with van der Waals surface area (Å²) >= 11 is 0. The summed E-state index contributed by atoms with van der Waals surface area (Å²) in [5, 5.41) is 12.2. The molecule has 0 heterocycles. The van der Waals surface area contributed by atoms with E-state index in [1.54, 1.807) is 30.3 Å². The van der Waals surface area contributed by atoms with E-state index >= 15 is 0 Å². The minimum Gasteiger partial charge on any atom is -0.508 e. The van der Waals surface area contributed by atoms with Crippen LogP contribution in [0.3, 0.4) is 0 Å². The van der Waals surface area contributed by atoms with Crippen LogP contribution in [0.1, 0.15) is 52.2 Å². The third-order valence-electron chi connectivity index (χ3n) is 7.52. The Balaban J connectivity index is 1.67. The Hall–Kier alpha value is -3.63. The third-order valence-corrected chi connectivity index (χ3v) is 7.52. The smallest absolute Gasteiger partial charge is 0.244 e. The molecule has 0 fully saturated rings. The molecule has 2 atom stereocenters. The summed E-state index contributed by atoms with van der Waals surface area (Å²) in [5.41, 5.74) is 4.93. The van der Waals surface area contributed by atoms with Crippen LogP contribution in [-0.4, -0.2) is 23.7 Å². The van der Waals surface area contributed by atoms with Crippen LogP contribution in [-0.2, 0) is 16.1 Å². The average Bonchev–Trinajstić information content (AvgIpc) is 2.89. The fourth-order valence-electron chi connectivity index (χ4n) is 5.18. The Morgan fingerprint density at radius 1 is 1.05 bits per heavy atom. The van der Waals surface area contributed by atoms with Gasteiger partial charge >= 0.3 is 0 Å². The summed E-state index contributed by atoms with van der Waals surface area (Å²) < 4.78 is 6.32. The first-order chi connectivity index (χ1) is 18.1. The number of nitrogens with one attached hydrogen (secondary N) is 1. The molecule has 0 aliphatic heterocycles. The fourth-order valence-corrected chi connectivity index (χ4v) is 5.18. The third kappa shape index (κ3) is 7.02. The van der Waals surface area contributed by atoms with Crippen molar-refractivity contribution < 1.29 is 14.6 Å². The lowest BCUT2D eigenvalue weighted by Crippen LogP contribution is -2.52. The van der Waals surface area contributed by atoms with Crippen molar-refractivity contribution >= 4 is 11.5 Å². The number of phenols is 1. The van der Waals surface area contributed by atoms with Gasteiger partial charge in [0, 0.05) is 31.1 Å². The van der Waals surface area contributed by atoms with Crippen molar-refractivity contribution in [1.82, 2.24) is 5.32 Å². The zero-order valence-corrected chi connectivity index (χ0v) is 23.5. The minimum atomic E-state index is -0.447. The van der Waals surface area contributed by atoms with Crippen LogP contribution in [0.4, 0.5) is 0 Å². The molecule has 2 N–H and O–H groups in total. The number of phenolic OH excluding ortho intramolecular Hbond substituents is 1. The van der Waals surface area contributed by atoms with E-state index in [9.17, 15) is 9.90 Å². The number of carbonyl (C=O) groups is 1. The molecule has 1 amide bonds. The van der Waals surface area contributed by atoms with E-state index in [0.29, 0.717) is 6.54 Å². The molecule has 4 nitrogen and oxygen atoms in total. The molecule has 3 rings (SSSR count). The maximum absolute atomic E-state index is 12.2. The number of allylic oxidation sites excluding steroid dienone is 7. The van der Waals surface area contributed by atoms with Crippen LogP contribution < -0.4 is 5.32 Å². The molecule has 0 saturated carbocycles. The second-order valence-corrected chi connectivity index (χ2v) is 10.7. The van der Waals surface area contributed by atoms with Crippen LogP contribution in [0, 0.1) is 11.3 Å². The monoisotopic (exact) mass is 511 g/mol. The Labute approximate surface area is 228 Å². The molecular weight excluding hydrogens is 470 g/mol. The number of amides is 1. The van der Waals surface area contributed by atoms with E-state index in [2.05, 4.69) is 75.5 Å². The standard InChI is InChI=1S/C34H41NO3/c1-25(11-10-12-26(2)23-32(37)35-24-28-15-17-30(36)18-16-28)19-22-34(38-6)27(3)31(20-21-33(34,4)5)29-13-8-7-9-14-29/h7-20,22-23,27,36H,21,24H2,1-6H3,(H,35,37). The highest BCUT2D eigenvalue weighted by molar-refractivity contribution is 5.88. The van der Waals surface area contributed by atoms with Crippen LogP contribution in [0.15, 0.2) is 108 Å². The highest BCUT2D eigenvalue weighted by atomic mass is 16.5. The molecule has 0 spiro atoms. The number of rotatable bonds is 9. The lowest BCUT2D eigenvalue weighted by atomic mass is 9.60. The summed E-state index contributed by atoms with van der Waals surface area (Å²) in [6.07, 6.45) is 15.2. The lowest BCUT2D eigenvalue weighted by molar-refractivity contribution is -0.116. The van der Waals surface area contributed by atoms with Gasteiger partial charge in [0.2, 0.25) is 5.91 Å². The summed E-state index contributed by atoms with van der Waals surface area (Å²) in [5.74, 6) is 0.240. The predicted octanol–water partition coefficient (Wildman–Crippen LogP) is 7.55. The molecular formula is C34H41NO3. The highest BCUT2D eigenvalue weighted by Gasteiger charge is 2.50. The number of hydrogen-bond donors (Lipinski definition) is 2. The highest BCUT2D eigenvalue weighted by Crippen LogP contribution is 2.52. The first-order valence-electron chi connectivity index (χ1n) is 13.2. The van der Waals surface area contributed by atoms with Crippen LogP contribution in [0.25, 0.3) is 5.57 Å². The number of hydrogen-bond acceptors (Lipinski definition) is 3. The van der Waals surface area contributed by atoms with Crippen LogP contribution in [0.5, 0.6) is 5.75 Å². The average molecular weight is 512 g/mol. The number of ether oxygens (including phenoxy) is 1. The Bertz CT molecular complexity index is 1250. The van der Waals surface area contributed by atoms with Crippen molar-refractivity contribution in [3.8, 4) is 5.75 Å². The van der Waals surface area contributed by atoms with Crippen molar-refractivity contribution in [2.75, 3.05) is 7.11 Å². The van der Waals surface area contributed by atoms with Gasteiger partial charge in [-0.3, -0.25) is 4.79 Å². The summed E-state index contributed by atoms with van der Waals surface area (Å²) in [4.78, 5) is 12.2. The van der Waals surface area contributed by atoms with Crippen molar-refractivity contribution in [1.29, 1.82) is 0 Å². The molecule has 0 bridgehead atoms. The van der Waals surface area contributed by atoms with Crippen LogP contribution in [0.2, 0.25) is 0 Å². The quantitative estimate of drug-likeness (QED) is 0.270. The van der Waals surface area contributed by atoms with E-state index in [0.717, 1.165) is 23.1 Å². The van der Waals surface area contributed by atoms with Gasteiger partial charge in [-0.15, -0.1) is 0 Å². The van der Waals surface area contributed by atoms with Gasteiger partial charge in [0.25, 0.3) is 0 Å². The number of benzene rings is 2. The molecule has 38 heavy (non-hydrogen) atoms. The maximum atomic E-state index is 12.2. The Morgan fingerprint density at radius 3 is 2.39 bits per heavy atom. The first-order valence-corrected chi connectivity index (χ1v) is 13.2.